The molecule has 1 N–H and O–H groups in total. The summed E-state index contributed by atoms with van der Waals surface area (Å²) in [7, 11) is 1.59. The summed E-state index contributed by atoms with van der Waals surface area (Å²) >= 11 is 12.0. The van der Waals surface area contributed by atoms with Crippen LogP contribution < -0.4 is 10.1 Å². The van der Waals surface area contributed by atoms with Crippen LogP contribution in [0.15, 0.2) is 30.5 Å². The molecule has 0 radical (unpaired) electrons. The number of hydrogen-bond acceptors (Lipinski definition) is 5. The summed E-state index contributed by atoms with van der Waals surface area (Å²) < 4.78 is 10.0. The van der Waals surface area contributed by atoms with Crippen LogP contribution >= 0.6 is 23.2 Å². The van der Waals surface area contributed by atoms with E-state index in [2.05, 4.69) is 10.3 Å². The van der Waals surface area contributed by atoms with Crippen LogP contribution in [0.5, 0.6) is 5.75 Å². The highest BCUT2D eigenvalue weighted by molar-refractivity contribution is 6.37. The molecule has 0 fully saturated rings. The van der Waals surface area contributed by atoms with Crippen LogP contribution in [0.4, 0.5) is 5.82 Å². The third kappa shape index (κ3) is 5.61. The van der Waals surface area contributed by atoms with Crippen LogP contribution in [-0.2, 0) is 20.7 Å². The van der Waals surface area contributed by atoms with Gasteiger partial charge in [-0.15, -0.1) is 0 Å². The molecule has 0 unspecified atom stereocenters. The molecule has 0 aliphatic carbocycles. The largest absolute Gasteiger partial charge is 0.497 e. The fraction of sp³-hybridized carbons (Fsp3) is 0.278. The van der Waals surface area contributed by atoms with Gasteiger partial charge < -0.3 is 14.8 Å². The number of nitrogens with one attached hydrogen (secondary N) is 1. The Bertz CT molecular complexity index is 795. The van der Waals surface area contributed by atoms with E-state index >= 15 is 0 Å². The summed E-state index contributed by atoms with van der Waals surface area (Å²) in [5.41, 5.74) is 1.58. The van der Waals surface area contributed by atoms with Gasteiger partial charge in [-0.3, -0.25) is 9.59 Å². The van der Waals surface area contributed by atoms with Crippen molar-refractivity contribution < 1.29 is 19.1 Å². The van der Waals surface area contributed by atoms with E-state index in [1.54, 1.807) is 14.0 Å². The van der Waals surface area contributed by atoms with E-state index in [1.165, 1.54) is 6.20 Å². The Labute approximate surface area is 161 Å². The maximum absolute atomic E-state index is 11.9. The molecule has 0 saturated carbocycles. The number of rotatable bonds is 7. The first-order valence-electron chi connectivity index (χ1n) is 7.79. The van der Waals surface area contributed by atoms with Gasteiger partial charge in [-0.25, -0.2) is 4.98 Å². The highest BCUT2D eigenvalue weighted by Crippen LogP contribution is 2.28. The number of esters is 1. The topological polar surface area (TPSA) is 77.5 Å². The van der Waals surface area contributed by atoms with E-state index in [0.717, 1.165) is 11.3 Å². The van der Waals surface area contributed by atoms with Gasteiger partial charge in [0.15, 0.2) is 12.4 Å². The Morgan fingerprint density at radius 2 is 1.88 bits per heavy atom. The van der Waals surface area contributed by atoms with Gasteiger partial charge in [0.2, 0.25) is 0 Å². The molecule has 1 aromatic carbocycles. The standard InChI is InChI=1S/C18H18Cl2N2O4/c1-11-14(19)9-21-18(17(11)20)22-15(23)10-26-16(24)8-5-12-3-6-13(25-2)7-4-12/h3-4,6-7,9H,5,8,10H2,1-2H3,(H,21,22,23). The Hall–Kier alpha value is -2.31. The molecule has 1 amide bonds. The van der Waals surface area contributed by atoms with E-state index in [1.807, 2.05) is 24.3 Å². The zero-order valence-electron chi connectivity index (χ0n) is 14.3. The lowest BCUT2D eigenvalue weighted by atomic mass is 10.1. The van der Waals surface area contributed by atoms with E-state index < -0.39 is 18.5 Å². The molecule has 0 bridgehead atoms. The van der Waals surface area contributed by atoms with Crippen molar-refractivity contribution in [1.82, 2.24) is 4.98 Å². The van der Waals surface area contributed by atoms with Crippen LogP contribution in [-0.4, -0.2) is 30.6 Å². The van der Waals surface area contributed by atoms with Crippen molar-refractivity contribution in [1.29, 1.82) is 0 Å². The molecule has 8 heteroatoms. The lowest BCUT2D eigenvalue weighted by Gasteiger charge is -2.09. The van der Waals surface area contributed by atoms with Crippen molar-refractivity contribution in [3.8, 4) is 5.75 Å². The zero-order chi connectivity index (χ0) is 19.1. The lowest BCUT2D eigenvalue weighted by Crippen LogP contribution is -2.21. The summed E-state index contributed by atoms with van der Waals surface area (Å²) in [6.45, 7) is 1.29. The number of pyridine rings is 1. The van der Waals surface area contributed by atoms with Gasteiger partial charge in [0.1, 0.15) is 5.75 Å². The van der Waals surface area contributed by atoms with Gasteiger partial charge in [-0.05, 0) is 36.6 Å². The van der Waals surface area contributed by atoms with E-state index in [-0.39, 0.29) is 17.3 Å². The quantitative estimate of drug-likeness (QED) is 0.719. The predicted molar refractivity (Wildman–Crippen MR) is 99.9 cm³/mol. The van der Waals surface area contributed by atoms with Crippen molar-refractivity contribution in [2.24, 2.45) is 0 Å². The molecule has 0 atom stereocenters. The minimum absolute atomic E-state index is 0.165. The lowest BCUT2D eigenvalue weighted by molar-refractivity contribution is -0.147. The minimum Gasteiger partial charge on any atom is -0.497 e. The number of anilines is 1. The number of methoxy groups -OCH3 is 1. The smallest absolute Gasteiger partial charge is 0.306 e. The summed E-state index contributed by atoms with van der Waals surface area (Å²) in [5.74, 6) is -0.0771. The van der Waals surface area contributed by atoms with Crippen LogP contribution in [0, 0.1) is 6.92 Å². The monoisotopic (exact) mass is 396 g/mol. The van der Waals surface area contributed by atoms with Gasteiger partial charge in [-0.1, -0.05) is 35.3 Å². The SMILES string of the molecule is COc1ccc(CCC(=O)OCC(=O)Nc2ncc(Cl)c(C)c2Cl)cc1. The molecule has 26 heavy (non-hydrogen) atoms. The number of halogens is 2. The number of hydrogen-bond donors (Lipinski definition) is 1. The third-order valence-corrected chi connectivity index (χ3v) is 4.44. The van der Waals surface area contributed by atoms with Gasteiger partial charge in [-0.2, -0.15) is 0 Å². The normalized spacial score (nSPS) is 10.3. The summed E-state index contributed by atoms with van der Waals surface area (Å²) in [5, 5.41) is 3.14. The first-order chi connectivity index (χ1) is 12.4. The fourth-order valence-corrected chi connectivity index (χ4v) is 2.46. The van der Waals surface area contributed by atoms with Crippen molar-refractivity contribution in [2.45, 2.75) is 19.8 Å². The van der Waals surface area contributed by atoms with Gasteiger partial charge in [0.05, 0.1) is 17.2 Å². The van der Waals surface area contributed by atoms with Crippen LogP contribution in [0.1, 0.15) is 17.5 Å². The van der Waals surface area contributed by atoms with E-state index in [4.69, 9.17) is 32.7 Å². The number of nitrogens with zero attached hydrogens (tertiary/aromatic N) is 1. The summed E-state index contributed by atoms with van der Waals surface area (Å²) in [6.07, 6.45) is 2.06. The second-order valence-corrected chi connectivity index (χ2v) is 6.24. The molecular weight excluding hydrogens is 379 g/mol. The van der Waals surface area contributed by atoms with E-state index in [9.17, 15) is 9.59 Å². The molecule has 6 nitrogen and oxygen atoms in total. The number of carbonyl (C=O) groups is 2. The average Bonchev–Trinajstić information content (AvgIpc) is 2.65. The third-order valence-electron chi connectivity index (χ3n) is 3.60. The molecule has 2 rings (SSSR count). The highest BCUT2D eigenvalue weighted by Gasteiger charge is 2.13. The number of aromatic nitrogens is 1. The van der Waals surface area contributed by atoms with Gasteiger partial charge in [0, 0.05) is 12.6 Å². The summed E-state index contributed by atoms with van der Waals surface area (Å²) in [4.78, 5) is 27.6. The zero-order valence-corrected chi connectivity index (χ0v) is 15.9. The molecule has 0 spiro atoms. The van der Waals surface area contributed by atoms with Gasteiger partial charge in [0.25, 0.3) is 5.91 Å². The maximum atomic E-state index is 11.9. The van der Waals surface area contributed by atoms with Crippen LogP contribution in [0.25, 0.3) is 0 Å². The number of carbonyl (C=O) groups excluding carboxylic acids is 2. The number of ether oxygens (including phenoxy) is 2. The first kappa shape index (κ1) is 20.0. The Morgan fingerprint density at radius 1 is 1.19 bits per heavy atom. The second-order valence-electron chi connectivity index (χ2n) is 5.45. The second kappa shape index (κ2) is 9.40. The Morgan fingerprint density at radius 3 is 2.54 bits per heavy atom. The Kier molecular flexibility index (Phi) is 7.24. The number of amides is 1. The molecule has 0 aliphatic rings. The molecule has 138 valence electrons. The summed E-state index contributed by atoms with van der Waals surface area (Å²) in [6, 6.07) is 7.38. The minimum atomic E-state index is -0.529. The van der Waals surface area contributed by atoms with Crippen LogP contribution in [0.2, 0.25) is 10.0 Å². The first-order valence-corrected chi connectivity index (χ1v) is 8.55. The van der Waals surface area contributed by atoms with Crippen molar-refractivity contribution in [2.75, 3.05) is 19.0 Å². The molecule has 1 heterocycles. The van der Waals surface area contributed by atoms with Gasteiger partial charge >= 0.3 is 5.97 Å². The molecule has 1 aromatic heterocycles. The molecular formula is C18H18Cl2N2O4. The van der Waals surface area contributed by atoms with Crippen LogP contribution in [0.3, 0.4) is 0 Å². The molecule has 0 aliphatic heterocycles. The number of benzene rings is 1. The number of aryl methyl sites for hydroxylation is 1. The van der Waals surface area contributed by atoms with E-state index in [0.29, 0.717) is 17.0 Å². The van der Waals surface area contributed by atoms with Crippen molar-refractivity contribution in [3.63, 3.8) is 0 Å². The molecule has 2 aromatic rings. The average molecular weight is 397 g/mol. The fourth-order valence-electron chi connectivity index (χ4n) is 2.07. The van der Waals surface area contributed by atoms with Crippen molar-refractivity contribution >= 4 is 40.9 Å². The van der Waals surface area contributed by atoms with Crippen molar-refractivity contribution in [3.05, 3.63) is 51.6 Å². The molecule has 0 saturated heterocycles. The Balaban J connectivity index is 1.77. The maximum Gasteiger partial charge on any atom is 0.306 e. The highest BCUT2D eigenvalue weighted by atomic mass is 35.5. The predicted octanol–water partition coefficient (Wildman–Crippen LogP) is 3.82.